The summed E-state index contributed by atoms with van der Waals surface area (Å²) in [6.07, 6.45) is -1.73. The molecule has 0 spiro atoms. The van der Waals surface area contributed by atoms with Crippen molar-refractivity contribution in [3.8, 4) is 11.5 Å². The van der Waals surface area contributed by atoms with Crippen molar-refractivity contribution < 1.29 is 22.2 Å². The Kier molecular flexibility index (Phi) is 4.95. The van der Waals surface area contributed by atoms with E-state index in [1.54, 1.807) is 6.92 Å². The first-order valence-corrected chi connectivity index (χ1v) is 11.1. The van der Waals surface area contributed by atoms with Gasteiger partial charge in [-0.3, -0.25) is 4.79 Å². The Bertz CT molecular complexity index is 1300. The molecule has 1 aliphatic carbocycles. The number of nitrogens with one attached hydrogen (secondary N) is 2. The summed E-state index contributed by atoms with van der Waals surface area (Å²) >= 11 is 0. The van der Waals surface area contributed by atoms with Crippen molar-refractivity contribution in [1.82, 2.24) is 24.7 Å². The number of hydrogen-bond acceptors (Lipinski definition) is 7. The number of carbonyl (C=O) groups excluding carboxylic acids is 1. The van der Waals surface area contributed by atoms with Gasteiger partial charge < -0.3 is 9.88 Å². The summed E-state index contributed by atoms with van der Waals surface area (Å²) in [7, 11) is -1.80. The molecule has 0 radical (unpaired) electrons. The second-order valence-corrected chi connectivity index (χ2v) is 9.60. The Labute approximate surface area is 175 Å². The Morgan fingerprint density at radius 3 is 2.65 bits per heavy atom. The quantitative estimate of drug-likeness (QED) is 0.611. The highest BCUT2D eigenvalue weighted by Gasteiger charge is 2.34. The fourth-order valence-electron chi connectivity index (χ4n) is 3.01. The van der Waals surface area contributed by atoms with Crippen molar-refractivity contribution in [1.29, 1.82) is 4.78 Å². The fourth-order valence-corrected chi connectivity index (χ4v) is 4.10. The number of halogens is 3. The number of nitrogens with zero attached hydrogens (tertiary/aromatic N) is 5. The van der Waals surface area contributed by atoms with Gasteiger partial charge in [-0.15, -0.1) is 10.2 Å². The number of fused-ring (bicyclic) bond motifs is 1. The van der Waals surface area contributed by atoms with E-state index >= 15 is 0 Å². The number of pyridine rings is 1. The van der Waals surface area contributed by atoms with Crippen molar-refractivity contribution in [2.75, 3.05) is 11.1 Å². The summed E-state index contributed by atoms with van der Waals surface area (Å²) in [5.41, 5.74) is -0.808. The molecule has 4 rings (SSSR count). The predicted octanol–water partition coefficient (Wildman–Crippen LogP) is 3.22. The second-order valence-electron chi connectivity index (χ2n) is 7.23. The fraction of sp³-hybridized carbons (Fsp3) is 0.389. The van der Waals surface area contributed by atoms with Crippen LogP contribution in [0.5, 0.6) is 0 Å². The van der Waals surface area contributed by atoms with Crippen LogP contribution in [0.1, 0.15) is 25.5 Å². The third-order valence-corrected chi connectivity index (χ3v) is 6.78. The summed E-state index contributed by atoms with van der Waals surface area (Å²) < 4.78 is 61.5. The van der Waals surface area contributed by atoms with Gasteiger partial charge in [0, 0.05) is 24.8 Å². The Balaban J connectivity index is 1.85. The molecule has 1 aliphatic rings. The molecule has 0 aromatic carbocycles. The van der Waals surface area contributed by atoms with Crippen molar-refractivity contribution in [2.24, 2.45) is 13.0 Å². The summed E-state index contributed by atoms with van der Waals surface area (Å²) in [6, 6.07) is 2.18. The second kappa shape index (κ2) is 7.25. The van der Waals surface area contributed by atoms with E-state index in [0.717, 1.165) is 18.9 Å². The lowest BCUT2D eigenvalue weighted by molar-refractivity contribution is -0.141. The van der Waals surface area contributed by atoms with Crippen LogP contribution in [0.15, 0.2) is 23.2 Å². The van der Waals surface area contributed by atoms with Crippen LogP contribution in [0.2, 0.25) is 0 Å². The maximum Gasteiger partial charge on any atom is 0.435 e. The number of amides is 1. The molecule has 1 atom stereocenters. The van der Waals surface area contributed by atoms with Crippen molar-refractivity contribution in [3.63, 3.8) is 0 Å². The van der Waals surface area contributed by atoms with Crippen LogP contribution < -0.4 is 5.32 Å². The van der Waals surface area contributed by atoms with E-state index in [4.69, 9.17) is 4.78 Å². The van der Waals surface area contributed by atoms with Crippen molar-refractivity contribution >= 4 is 32.5 Å². The zero-order chi connectivity index (χ0) is 22.6. The van der Waals surface area contributed by atoms with Crippen LogP contribution in [0.3, 0.4) is 0 Å². The normalized spacial score (nSPS) is 16.3. The zero-order valence-electron chi connectivity index (χ0n) is 16.5. The molecule has 0 aliphatic heterocycles. The van der Waals surface area contributed by atoms with Crippen LogP contribution in [-0.2, 0) is 27.7 Å². The van der Waals surface area contributed by atoms with Crippen LogP contribution in [-0.4, -0.2) is 40.6 Å². The van der Waals surface area contributed by atoms with Crippen molar-refractivity contribution in [2.45, 2.75) is 30.8 Å². The smallest absolute Gasteiger partial charge is 0.324 e. The summed E-state index contributed by atoms with van der Waals surface area (Å²) in [6.45, 7) is 1.57. The minimum atomic E-state index is -4.68. The minimum Gasteiger partial charge on any atom is -0.324 e. The monoisotopic (exact) mass is 453 g/mol. The standard InChI is InChI=1S/C18H18F3N7O2S/c1-3-31(22,30)12-6-10(24-17(29)9-4-5-9)8-23-14(12)16-25-11-7-13(18(19,20)21)26-27-15(11)28(16)2/h6-9,22H,3-5H2,1-2H3,(H,24,29). The zero-order valence-corrected chi connectivity index (χ0v) is 17.3. The molecule has 1 fully saturated rings. The van der Waals surface area contributed by atoms with Crippen LogP contribution in [0.25, 0.3) is 22.7 Å². The van der Waals surface area contributed by atoms with E-state index in [1.165, 1.54) is 23.9 Å². The summed E-state index contributed by atoms with van der Waals surface area (Å²) in [5.74, 6) is -0.168. The van der Waals surface area contributed by atoms with E-state index in [9.17, 15) is 22.2 Å². The van der Waals surface area contributed by atoms with E-state index in [0.29, 0.717) is 5.69 Å². The molecule has 2 N–H and O–H groups in total. The highest BCUT2D eigenvalue weighted by molar-refractivity contribution is 7.92. The largest absolute Gasteiger partial charge is 0.435 e. The highest BCUT2D eigenvalue weighted by atomic mass is 32.2. The molecule has 3 aromatic rings. The lowest BCUT2D eigenvalue weighted by Gasteiger charge is -2.13. The van der Waals surface area contributed by atoms with Gasteiger partial charge in [0.05, 0.1) is 26.5 Å². The third kappa shape index (κ3) is 3.96. The molecule has 13 heteroatoms. The van der Waals surface area contributed by atoms with Gasteiger partial charge >= 0.3 is 6.18 Å². The first-order chi connectivity index (χ1) is 14.5. The maximum absolute atomic E-state index is 13.0. The molecule has 9 nitrogen and oxygen atoms in total. The molecule has 0 saturated heterocycles. The van der Waals surface area contributed by atoms with E-state index < -0.39 is 21.6 Å². The van der Waals surface area contributed by atoms with Gasteiger partial charge in [-0.1, -0.05) is 6.92 Å². The average Bonchev–Trinajstić information content (AvgIpc) is 3.52. The van der Waals surface area contributed by atoms with Gasteiger partial charge in [-0.25, -0.2) is 19.0 Å². The Morgan fingerprint density at radius 1 is 1.32 bits per heavy atom. The molecular weight excluding hydrogens is 435 g/mol. The Morgan fingerprint density at radius 2 is 2.03 bits per heavy atom. The number of rotatable bonds is 5. The number of carbonyl (C=O) groups is 1. The number of alkyl halides is 3. The first-order valence-electron chi connectivity index (χ1n) is 9.36. The Hall–Kier alpha value is -3.09. The molecule has 3 heterocycles. The lowest BCUT2D eigenvalue weighted by atomic mass is 10.3. The number of hydrogen-bond donors (Lipinski definition) is 2. The predicted molar refractivity (Wildman–Crippen MR) is 106 cm³/mol. The summed E-state index contributed by atoms with van der Waals surface area (Å²) in [5, 5.41) is 9.52. The van der Waals surface area contributed by atoms with Gasteiger partial charge in [0.25, 0.3) is 0 Å². The van der Waals surface area contributed by atoms with E-state index in [1.807, 2.05) is 0 Å². The van der Waals surface area contributed by atoms with Crippen molar-refractivity contribution in [3.05, 3.63) is 24.0 Å². The van der Waals surface area contributed by atoms with Crippen LogP contribution in [0.4, 0.5) is 18.9 Å². The highest BCUT2D eigenvalue weighted by Crippen LogP contribution is 2.34. The van der Waals surface area contributed by atoms with Gasteiger partial charge in [0.1, 0.15) is 11.2 Å². The average molecular weight is 453 g/mol. The molecule has 0 bridgehead atoms. The number of imidazole rings is 1. The first kappa shape index (κ1) is 21.2. The van der Waals surface area contributed by atoms with Gasteiger partial charge in [0.2, 0.25) is 5.91 Å². The molecular formula is C18H18F3N7O2S. The van der Waals surface area contributed by atoms with Crippen LogP contribution in [0, 0.1) is 10.7 Å². The molecule has 1 saturated carbocycles. The number of anilines is 1. The van der Waals surface area contributed by atoms with Gasteiger partial charge in [0.15, 0.2) is 17.2 Å². The number of aryl methyl sites for hydroxylation is 1. The molecule has 31 heavy (non-hydrogen) atoms. The summed E-state index contributed by atoms with van der Waals surface area (Å²) in [4.78, 5) is 20.5. The minimum absolute atomic E-state index is 0.0241. The molecule has 164 valence electrons. The lowest BCUT2D eigenvalue weighted by Crippen LogP contribution is -2.15. The molecule has 1 unspecified atom stereocenters. The van der Waals surface area contributed by atoms with Gasteiger partial charge in [-0.05, 0) is 18.9 Å². The topological polar surface area (TPSA) is 127 Å². The van der Waals surface area contributed by atoms with Crippen LogP contribution >= 0.6 is 0 Å². The molecule has 3 aromatic heterocycles. The number of aromatic nitrogens is 5. The van der Waals surface area contributed by atoms with E-state index in [2.05, 4.69) is 25.5 Å². The SMILES string of the molecule is CCS(=N)(=O)c1cc(NC(=O)C2CC2)cnc1-c1nc2cc(C(F)(F)F)nnc2n1C. The van der Waals surface area contributed by atoms with E-state index in [-0.39, 0.29) is 45.2 Å². The maximum atomic E-state index is 13.0. The third-order valence-electron chi connectivity index (χ3n) is 4.95. The molecule has 1 amide bonds. The van der Waals surface area contributed by atoms with Gasteiger partial charge in [-0.2, -0.15) is 13.2 Å².